The summed E-state index contributed by atoms with van der Waals surface area (Å²) in [7, 11) is 0. The molecule has 0 N–H and O–H groups in total. The first-order valence-corrected chi connectivity index (χ1v) is 7.39. The minimum atomic E-state index is 1.09. The van der Waals surface area contributed by atoms with Gasteiger partial charge in [0, 0.05) is 0 Å². The largest absolute Gasteiger partial charge is 0.0617 e. The highest BCUT2D eigenvalue weighted by molar-refractivity contribution is 5.40. The van der Waals surface area contributed by atoms with Gasteiger partial charge in [-0.15, -0.1) is 0 Å². The fourth-order valence-electron chi connectivity index (χ4n) is 2.65. The predicted molar refractivity (Wildman–Crippen MR) is 87.4 cm³/mol. The summed E-state index contributed by atoms with van der Waals surface area (Å²) in [5.41, 5.74) is 5.57. The van der Waals surface area contributed by atoms with E-state index in [4.69, 9.17) is 0 Å². The van der Waals surface area contributed by atoms with E-state index in [-0.39, 0.29) is 0 Å². The van der Waals surface area contributed by atoms with Gasteiger partial charge in [-0.2, -0.15) is 0 Å². The van der Waals surface area contributed by atoms with Crippen LogP contribution in [-0.2, 0) is 0 Å². The molecule has 6 aliphatic rings. The molecule has 20 heavy (non-hydrogen) atoms. The molecule has 0 amide bonds. The number of allylic oxidation sites excluding steroid dienone is 16. The molecule has 0 saturated heterocycles. The SMILES string of the molecule is C1=C\C2=C/C=C\C(=C/1)CCC1=C/C=C\C(=C/C=C\1)CC2. The normalized spacial score (nSPS) is 38.4. The van der Waals surface area contributed by atoms with Crippen molar-refractivity contribution in [3.8, 4) is 0 Å². The first-order valence-electron chi connectivity index (χ1n) is 7.39. The summed E-state index contributed by atoms with van der Waals surface area (Å²) in [5, 5.41) is 0. The summed E-state index contributed by atoms with van der Waals surface area (Å²) < 4.78 is 0. The Morgan fingerprint density at radius 1 is 0.400 bits per heavy atom. The molecular weight excluding hydrogens is 240 g/mol. The van der Waals surface area contributed by atoms with Crippen molar-refractivity contribution in [1.82, 2.24) is 0 Å². The van der Waals surface area contributed by atoms with E-state index < -0.39 is 0 Å². The number of rotatable bonds is 0. The molecule has 0 unspecified atom stereocenters. The quantitative estimate of drug-likeness (QED) is 0.538. The Kier molecular flexibility index (Phi) is 4.13. The van der Waals surface area contributed by atoms with E-state index in [1.807, 2.05) is 0 Å². The number of hydrogen-bond donors (Lipinski definition) is 0. The zero-order chi connectivity index (χ0) is 13.6. The lowest BCUT2D eigenvalue weighted by Crippen LogP contribution is -1.90. The second-order valence-electron chi connectivity index (χ2n) is 5.40. The molecule has 0 aromatic carbocycles. The highest BCUT2D eigenvalue weighted by atomic mass is 14.1. The van der Waals surface area contributed by atoms with E-state index in [0.29, 0.717) is 0 Å². The monoisotopic (exact) mass is 260 g/mol. The lowest BCUT2D eigenvalue weighted by Gasteiger charge is -2.09. The third-order valence-corrected chi connectivity index (χ3v) is 3.89. The predicted octanol–water partition coefficient (Wildman–Crippen LogP) is 5.52. The van der Waals surface area contributed by atoms with Crippen LogP contribution in [0.2, 0.25) is 0 Å². The molecule has 0 saturated carbocycles. The zero-order valence-corrected chi connectivity index (χ0v) is 11.8. The van der Waals surface area contributed by atoms with E-state index in [0.717, 1.165) is 25.7 Å². The van der Waals surface area contributed by atoms with Crippen LogP contribution in [0.5, 0.6) is 0 Å². The molecule has 6 rings (SSSR count). The molecule has 6 aliphatic carbocycles. The van der Waals surface area contributed by atoms with Crippen LogP contribution in [0, 0.1) is 0 Å². The van der Waals surface area contributed by atoms with Crippen LogP contribution in [0.25, 0.3) is 0 Å². The molecular formula is C20H20. The maximum absolute atomic E-state index is 2.24. The van der Waals surface area contributed by atoms with Gasteiger partial charge in [-0.1, -0.05) is 72.9 Å². The average molecular weight is 260 g/mol. The van der Waals surface area contributed by atoms with Crippen LogP contribution in [0.3, 0.4) is 0 Å². The second kappa shape index (κ2) is 6.38. The van der Waals surface area contributed by atoms with E-state index in [1.165, 1.54) is 22.3 Å². The summed E-state index contributed by atoms with van der Waals surface area (Å²) in [6.45, 7) is 0. The molecule has 0 fully saturated rings. The summed E-state index contributed by atoms with van der Waals surface area (Å²) in [5.74, 6) is 0. The van der Waals surface area contributed by atoms with Gasteiger partial charge in [0.15, 0.2) is 0 Å². The summed E-state index contributed by atoms with van der Waals surface area (Å²) in [4.78, 5) is 0. The van der Waals surface area contributed by atoms with Crippen LogP contribution in [-0.4, -0.2) is 0 Å². The molecule has 0 nitrogen and oxygen atoms in total. The standard InChI is InChI=1S/C20H20/c1-5-17-7-2-8-18(6-1)14-16-20-10-3-9-19(15-13-17)11-4-12-20/h1-12H,13-16H2/b5-1-,6-1?,7-2?,8-2-,9-3-,10-3?,11-4?,12-4-,17-5?,17-7+,18-6+,18-8?,19-9?,19-11+,20-10+,20-12?. The summed E-state index contributed by atoms with van der Waals surface area (Å²) >= 11 is 0. The van der Waals surface area contributed by atoms with Gasteiger partial charge in [0.25, 0.3) is 0 Å². The number of hydrogen-bond acceptors (Lipinski definition) is 0. The minimum Gasteiger partial charge on any atom is -0.0617 e. The first-order chi connectivity index (χ1) is 9.90. The van der Waals surface area contributed by atoms with Crippen LogP contribution in [0.4, 0.5) is 0 Å². The molecule has 0 heteroatoms. The Balaban J connectivity index is 1.94. The second-order valence-corrected chi connectivity index (χ2v) is 5.40. The van der Waals surface area contributed by atoms with Gasteiger partial charge in [0.2, 0.25) is 0 Å². The average Bonchev–Trinajstić information content (AvgIpc) is 2.40. The Labute approximate surface area is 121 Å². The van der Waals surface area contributed by atoms with Gasteiger partial charge in [0.1, 0.15) is 0 Å². The highest BCUT2D eigenvalue weighted by Crippen LogP contribution is 2.22. The summed E-state index contributed by atoms with van der Waals surface area (Å²) in [6, 6.07) is 0. The zero-order valence-electron chi connectivity index (χ0n) is 11.8. The van der Waals surface area contributed by atoms with Gasteiger partial charge >= 0.3 is 0 Å². The smallest absolute Gasteiger partial charge is 0.0238 e. The molecule has 0 aromatic rings. The maximum Gasteiger partial charge on any atom is -0.0238 e. The van der Waals surface area contributed by atoms with E-state index >= 15 is 0 Å². The molecule has 0 aliphatic heterocycles. The van der Waals surface area contributed by atoms with Gasteiger partial charge in [-0.05, 0) is 48.0 Å². The van der Waals surface area contributed by atoms with Crippen LogP contribution in [0.1, 0.15) is 25.7 Å². The lowest BCUT2D eigenvalue weighted by molar-refractivity contribution is 0.954. The van der Waals surface area contributed by atoms with Gasteiger partial charge in [-0.25, -0.2) is 0 Å². The van der Waals surface area contributed by atoms with Crippen molar-refractivity contribution in [2.24, 2.45) is 0 Å². The van der Waals surface area contributed by atoms with Crippen molar-refractivity contribution < 1.29 is 0 Å². The van der Waals surface area contributed by atoms with Crippen LogP contribution < -0.4 is 0 Å². The maximum atomic E-state index is 2.24. The van der Waals surface area contributed by atoms with E-state index in [9.17, 15) is 0 Å². The molecule has 4 bridgehead atoms. The lowest BCUT2D eigenvalue weighted by atomic mass is 9.96. The molecule has 0 aromatic heterocycles. The van der Waals surface area contributed by atoms with Crippen LogP contribution in [0.15, 0.2) is 95.2 Å². The van der Waals surface area contributed by atoms with Crippen molar-refractivity contribution in [1.29, 1.82) is 0 Å². The van der Waals surface area contributed by atoms with Crippen molar-refractivity contribution in [2.75, 3.05) is 0 Å². The topological polar surface area (TPSA) is 0 Å². The Morgan fingerprint density at radius 2 is 0.650 bits per heavy atom. The van der Waals surface area contributed by atoms with Crippen molar-refractivity contribution in [2.45, 2.75) is 25.7 Å². The Hall–Kier alpha value is -2.08. The Morgan fingerprint density at radius 3 is 0.900 bits per heavy atom. The molecule has 0 radical (unpaired) electrons. The highest BCUT2D eigenvalue weighted by Gasteiger charge is 2.02. The van der Waals surface area contributed by atoms with Crippen molar-refractivity contribution in [3.63, 3.8) is 0 Å². The van der Waals surface area contributed by atoms with E-state index in [1.54, 1.807) is 0 Å². The molecule has 0 heterocycles. The summed E-state index contributed by atoms with van der Waals surface area (Å²) in [6.07, 6.45) is 31.1. The molecule has 0 spiro atoms. The van der Waals surface area contributed by atoms with Gasteiger partial charge < -0.3 is 0 Å². The fraction of sp³-hybridized carbons (Fsp3) is 0.200. The minimum absolute atomic E-state index is 1.09. The van der Waals surface area contributed by atoms with E-state index in [2.05, 4.69) is 72.9 Å². The van der Waals surface area contributed by atoms with Crippen molar-refractivity contribution in [3.05, 3.63) is 95.2 Å². The third-order valence-electron chi connectivity index (χ3n) is 3.89. The molecule has 0 atom stereocenters. The molecule has 100 valence electrons. The van der Waals surface area contributed by atoms with Gasteiger partial charge in [-0.3, -0.25) is 0 Å². The van der Waals surface area contributed by atoms with Crippen molar-refractivity contribution >= 4 is 0 Å². The third kappa shape index (κ3) is 3.48. The van der Waals surface area contributed by atoms with Gasteiger partial charge in [0.05, 0.1) is 0 Å². The van der Waals surface area contributed by atoms with Crippen LogP contribution >= 0.6 is 0 Å². The fourth-order valence-corrected chi connectivity index (χ4v) is 2.65. The Bertz CT molecular complexity index is 498. The first kappa shape index (κ1) is 12.9.